The molecule has 0 unspecified atom stereocenters. The van der Waals surface area contributed by atoms with Gasteiger partial charge in [0.15, 0.2) is 0 Å². The number of fused-ring (bicyclic) bond motifs is 1. The molecule has 0 aliphatic heterocycles. The van der Waals surface area contributed by atoms with E-state index in [-0.39, 0.29) is 5.78 Å². The van der Waals surface area contributed by atoms with E-state index in [0.29, 0.717) is 17.0 Å². The highest BCUT2D eigenvalue weighted by Crippen LogP contribution is 2.28. The van der Waals surface area contributed by atoms with Crippen LogP contribution in [-0.4, -0.2) is 23.1 Å². The van der Waals surface area contributed by atoms with Crippen LogP contribution in [0.1, 0.15) is 16.1 Å². The average Bonchev–Trinajstić information content (AvgIpc) is 2.73. The predicted octanol–water partition coefficient (Wildman–Crippen LogP) is 4.54. The third-order valence-corrected chi connectivity index (χ3v) is 4.30. The number of hydrogen-bond donors (Lipinski definition) is 0. The minimum Gasteiger partial charge on any atom is -0.497 e. The summed E-state index contributed by atoms with van der Waals surface area (Å²) in [6.07, 6.45) is 0. The van der Waals surface area contributed by atoms with Crippen molar-refractivity contribution >= 4 is 16.6 Å². The first-order valence-corrected chi connectivity index (χ1v) is 8.27. The SMILES string of the molecule is COc1ccc(C(=O)c2nnc(-c3ccccc3)c3ccccc23)cc1. The largest absolute Gasteiger partial charge is 0.497 e. The van der Waals surface area contributed by atoms with Crippen LogP contribution in [0.25, 0.3) is 22.0 Å². The van der Waals surface area contributed by atoms with Crippen molar-refractivity contribution in [2.75, 3.05) is 7.11 Å². The van der Waals surface area contributed by atoms with E-state index in [9.17, 15) is 4.79 Å². The summed E-state index contributed by atoms with van der Waals surface area (Å²) in [5, 5.41) is 10.3. The molecule has 4 heteroatoms. The first-order chi connectivity index (χ1) is 12.8. The summed E-state index contributed by atoms with van der Waals surface area (Å²) in [5.41, 5.74) is 2.65. The molecule has 0 bridgehead atoms. The Balaban J connectivity index is 1.85. The van der Waals surface area contributed by atoms with Crippen LogP contribution in [0.5, 0.6) is 5.75 Å². The lowest BCUT2D eigenvalue weighted by atomic mass is 9.99. The van der Waals surface area contributed by atoms with Crippen LogP contribution < -0.4 is 4.74 Å². The second-order valence-electron chi connectivity index (χ2n) is 5.87. The number of hydrogen-bond acceptors (Lipinski definition) is 4. The second-order valence-corrected chi connectivity index (χ2v) is 5.87. The quantitative estimate of drug-likeness (QED) is 0.512. The number of carbonyl (C=O) groups is 1. The lowest BCUT2D eigenvalue weighted by molar-refractivity contribution is 0.103. The van der Waals surface area contributed by atoms with Crippen molar-refractivity contribution in [2.24, 2.45) is 0 Å². The first-order valence-electron chi connectivity index (χ1n) is 8.27. The molecule has 0 atom stereocenters. The summed E-state index contributed by atoms with van der Waals surface area (Å²) < 4.78 is 5.15. The minimum absolute atomic E-state index is 0.157. The van der Waals surface area contributed by atoms with Gasteiger partial charge in [-0.05, 0) is 24.3 Å². The van der Waals surface area contributed by atoms with Gasteiger partial charge < -0.3 is 4.74 Å². The fourth-order valence-electron chi connectivity index (χ4n) is 2.96. The van der Waals surface area contributed by atoms with Crippen molar-refractivity contribution in [1.82, 2.24) is 10.2 Å². The second kappa shape index (κ2) is 6.76. The molecule has 0 spiro atoms. The first kappa shape index (κ1) is 16.0. The normalized spacial score (nSPS) is 10.7. The van der Waals surface area contributed by atoms with Crippen molar-refractivity contribution in [3.63, 3.8) is 0 Å². The molecule has 0 radical (unpaired) electrons. The Morgan fingerprint density at radius 2 is 1.42 bits per heavy atom. The van der Waals surface area contributed by atoms with Crippen molar-refractivity contribution < 1.29 is 9.53 Å². The highest BCUT2D eigenvalue weighted by molar-refractivity contribution is 6.16. The molecule has 0 aliphatic rings. The summed E-state index contributed by atoms with van der Waals surface area (Å²) in [6.45, 7) is 0. The summed E-state index contributed by atoms with van der Waals surface area (Å²) in [7, 11) is 1.60. The Kier molecular flexibility index (Phi) is 4.15. The topological polar surface area (TPSA) is 52.1 Å². The van der Waals surface area contributed by atoms with E-state index < -0.39 is 0 Å². The number of ether oxygens (including phenoxy) is 1. The number of carbonyl (C=O) groups excluding carboxylic acids is 1. The molecule has 0 fully saturated rings. The standard InChI is InChI=1S/C22H16N2O2/c1-26-17-13-11-16(12-14-17)22(25)21-19-10-6-5-9-18(19)20(23-24-21)15-7-3-2-4-8-15/h2-14H,1H3. The number of ketones is 1. The van der Waals surface area contributed by atoms with Gasteiger partial charge in [-0.3, -0.25) is 4.79 Å². The summed E-state index contributed by atoms with van der Waals surface area (Å²) in [6, 6.07) is 24.6. The molecule has 4 aromatic rings. The zero-order chi connectivity index (χ0) is 17.9. The van der Waals surface area contributed by atoms with Crippen LogP contribution in [0.15, 0.2) is 78.9 Å². The fourth-order valence-corrected chi connectivity index (χ4v) is 2.96. The maximum atomic E-state index is 13.0. The molecule has 0 amide bonds. The Hall–Kier alpha value is -3.53. The molecule has 3 aromatic carbocycles. The Bertz CT molecular complexity index is 1070. The van der Waals surface area contributed by atoms with E-state index in [2.05, 4.69) is 10.2 Å². The van der Waals surface area contributed by atoms with Gasteiger partial charge in [-0.25, -0.2) is 0 Å². The molecule has 26 heavy (non-hydrogen) atoms. The monoisotopic (exact) mass is 340 g/mol. The predicted molar refractivity (Wildman–Crippen MR) is 101 cm³/mol. The maximum absolute atomic E-state index is 13.0. The van der Waals surface area contributed by atoms with Gasteiger partial charge in [-0.2, -0.15) is 0 Å². The number of benzene rings is 3. The number of methoxy groups -OCH3 is 1. The van der Waals surface area contributed by atoms with Crippen molar-refractivity contribution in [2.45, 2.75) is 0 Å². The molecule has 0 saturated heterocycles. The number of rotatable bonds is 4. The molecule has 0 aliphatic carbocycles. The van der Waals surface area contributed by atoms with Gasteiger partial charge >= 0.3 is 0 Å². The molecular formula is C22H16N2O2. The van der Waals surface area contributed by atoms with Gasteiger partial charge in [0.25, 0.3) is 0 Å². The lowest BCUT2D eigenvalue weighted by Gasteiger charge is -2.09. The van der Waals surface area contributed by atoms with Crippen LogP contribution in [0, 0.1) is 0 Å². The van der Waals surface area contributed by atoms with Gasteiger partial charge in [0, 0.05) is 21.9 Å². The summed E-state index contributed by atoms with van der Waals surface area (Å²) in [4.78, 5) is 13.0. The smallest absolute Gasteiger partial charge is 0.213 e. The molecule has 4 nitrogen and oxygen atoms in total. The van der Waals surface area contributed by atoms with Crippen LogP contribution in [0.2, 0.25) is 0 Å². The van der Waals surface area contributed by atoms with E-state index in [1.54, 1.807) is 31.4 Å². The third kappa shape index (κ3) is 2.82. The van der Waals surface area contributed by atoms with Crippen molar-refractivity contribution in [1.29, 1.82) is 0 Å². The van der Waals surface area contributed by atoms with Crippen LogP contribution in [-0.2, 0) is 0 Å². The highest BCUT2D eigenvalue weighted by atomic mass is 16.5. The van der Waals surface area contributed by atoms with Gasteiger partial charge in [0.05, 0.1) is 7.11 Å². The average molecular weight is 340 g/mol. The Labute approximate surface area is 151 Å². The maximum Gasteiger partial charge on any atom is 0.213 e. The zero-order valence-corrected chi connectivity index (χ0v) is 14.2. The van der Waals surface area contributed by atoms with Gasteiger partial charge in [-0.1, -0.05) is 54.6 Å². The number of aromatic nitrogens is 2. The van der Waals surface area contributed by atoms with Crippen LogP contribution >= 0.6 is 0 Å². The Morgan fingerprint density at radius 1 is 0.769 bits per heavy atom. The molecule has 0 saturated carbocycles. The fraction of sp³-hybridized carbons (Fsp3) is 0.0455. The third-order valence-electron chi connectivity index (χ3n) is 4.30. The molecule has 1 aromatic heterocycles. The van der Waals surface area contributed by atoms with E-state index in [1.807, 2.05) is 54.6 Å². The Morgan fingerprint density at radius 3 is 2.12 bits per heavy atom. The molecular weight excluding hydrogens is 324 g/mol. The van der Waals surface area contributed by atoms with Crippen molar-refractivity contribution in [3.8, 4) is 17.0 Å². The van der Waals surface area contributed by atoms with Gasteiger partial charge in [-0.15, -0.1) is 10.2 Å². The minimum atomic E-state index is -0.157. The zero-order valence-electron chi connectivity index (χ0n) is 14.2. The molecule has 126 valence electrons. The van der Waals surface area contributed by atoms with E-state index >= 15 is 0 Å². The number of nitrogens with zero attached hydrogens (tertiary/aromatic N) is 2. The van der Waals surface area contributed by atoms with Crippen LogP contribution in [0.3, 0.4) is 0 Å². The summed E-state index contributed by atoms with van der Waals surface area (Å²) in [5.74, 6) is 0.549. The van der Waals surface area contributed by atoms with E-state index in [1.165, 1.54) is 0 Å². The van der Waals surface area contributed by atoms with Gasteiger partial charge in [0.2, 0.25) is 5.78 Å². The van der Waals surface area contributed by atoms with Crippen molar-refractivity contribution in [3.05, 3.63) is 90.1 Å². The molecule has 4 rings (SSSR count). The van der Waals surface area contributed by atoms with Crippen LogP contribution in [0.4, 0.5) is 0 Å². The van der Waals surface area contributed by atoms with Gasteiger partial charge in [0.1, 0.15) is 17.1 Å². The van der Waals surface area contributed by atoms with E-state index in [4.69, 9.17) is 4.74 Å². The lowest BCUT2D eigenvalue weighted by Crippen LogP contribution is -2.07. The molecule has 1 heterocycles. The summed E-state index contributed by atoms with van der Waals surface area (Å²) >= 11 is 0. The highest BCUT2D eigenvalue weighted by Gasteiger charge is 2.17. The van der Waals surface area contributed by atoms with E-state index in [0.717, 1.165) is 22.0 Å². The molecule has 0 N–H and O–H groups in total.